The number of allylic oxidation sites excluding steroid dienone is 5. The van der Waals surface area contributed by atoms with Crippen LogP contribution in [0, 0.1) is 0 Å². The van der Waals surface area contributed by atoms with Gasteiger partial charge in [0.25, 0.3) is 0 Å². The number of fused-ring (bicyclic) bond motifs is 7. The molecule has 3 heteroatoms. The van der Waals surface area contributed by atoms with Gasteiger partial charge in [0.15, 0.2) is 0 Å². The maximum atomic E-state index is 4.23. The molecule has 3 heterocycles. The second-order valence-electron chi connectivity index (χ2n) is 15.0. The molecule has 57 heavy (non-hydrogen) atoms. The molecule has 7 aromatic carbocycles. The van der Waals surface area contributed by atoms with Gasteiger partial charge in [-0.25, -0.2) is 0 Å². The predicted octanol–water partition coefficient (Wildman–Crippen LogP) is 14.1. The van der Waals surface area contributed by atoms with Crippen LogP contribution in [-0.4, -0.2) is 8.97 Å². The zero-order valence-electron chi connectivity index (χ0n) is 31.5. The first-order valence-corrected chi connectivity index (χ1v) is 19.7. The van der Waals surface area contributed by atoms with Gasteiger partial charge in [-0.1, -0.05) is 140 Å². The fraction of sp³-hybridized carbons (Fsp3) is 0.0370. The lowest BCUT2D eigenvalue weighted by atomic mass is 9.89. The van der Waals surface area contributed by atoms with E-state index in [0.717, 1.165) is 40.3 Å². The van der Waals surface area contributed by atoms with Crippen LogP contribution in [0.15, 0.2) is 219 Å². The Labute approximate surface area is 332 Å². The van der Waals surface area contributed by atoms with Crippen molar-refractivity contribution in [2.75, 3.05) is 4.90 Å². The van der Waals surface area contributed by atoms with Crippen LogP contribution in [0.4, 0.5) is 5.69 Å². The van der Waals surface area contributed by atoms with Gasteiger partial charge >= 0.3 is 0 Å². The molecule has 1 unspecified atom stereocenters. The number of rotatable bonds is 8. The van der Waals surface area contributed by atoms with Crippen molar-refractivity contribution in [3.63, 3.8) is 0 Å². The molecular formula is C54H39N3. The standard InChI is InChI=1S/C54H39N3/c1-2-15-51(49-36-55(41-18-7-4-8-19-41)50-23-12-9-22-46(49)50)56(42-30-26-38(27-31-42)37-16-5-3-6-17-37)43-32-28-39(29-33-43)40-34-47-44-20-10-13-24-52(44)57-53-25-14-11-21-45(53)48(35-40)54(47)57/h2-28,30-36,39H,1,29H2/b51-15+. The van der Waals surface area contributed by atoms with Gasteiger partial charge in [-0.3, -0.25) is 0 Å². The van der Waals surface area contributed by atoms with Crippen LogP contribution in [0.5, 0.6) is 0 Å². The van der Waals surface area contributed by atoms with Crippen LogP contribution in [0.1, 0.15) is 23.5 Å². The van der Waals surface area contributed by atoms with Crippen molar-refractivity contribution in [3.05, 3.63) is 230 Å². The van der Waals surface area contributed by atoms with E-state index in [1.54, 1.807) is 0 Å². The quantitative estimate of drug-likeness (QED) is 0.142. The van der Waals surface area contributed by atoms with Crippen molar-refractivity contribution in [3.8, 4) is 16.8 Å². The highest BCUT2D eigenvalue weighted by molar-refractivity contribution is 6.23. The van der Waals surface area contributed by atoms with E-state index in [9.17, 15) is 0 Å². The van der Waals surface area contributed by atoms with Gasteiger partial charge in [0.05, 0.1) is 27.8 Å². The highest BCUT2D eigenvalue weighted by Crippen LogP contribution is 2.43. The first kappa shape index (κ1) is 33.0. The van der Waals surface area contributed by atoms with Gasteiger partial charge < -0.3 is 13.9 Å². The molecule has 11 rings (SSSR count). The van der Waals surface area contributed by atoms with E-state index in [4.69, 9.17) is 0 Å². The summed E-state index contributed by atoms with van der Waals surface area (Å²) < 4.78 is 4.76. The third kappa shape index (κ3) is 5.35. The zero-order valence-corrected chi connectivity index (χ0v) is 31.5. The molecule has 1 atom stereocenters. The lowest BCUT2D eigenvalue weighted by Gasteiger charge is -2.31. The summed E-state index contributed by atoms with van der Waals surface area (Å²) >= 11 is 0. The van der Waals surface area contributed by atoms with Gasteiger partial charge in [-0.15, -0.1) is 0 Å². The second-order valence-corrected chi connectivity index (χ2v) is 15.0. The fourth-order valence-corrected chi connectivity index (χ4v) is 9.15. The molecule has 0 N–H and O–H groups in total. The molecule has 0 aliphatic heterocycles. The average molecular weight is 730 g/mol. The molecule has 1 aliphatic rings. The minimum Gasteiger partial charge on any atom is -0.316 e. The number of aromatic nitrogens is 2. The van der Waals surface area contributed by atoms with E-state index in [1.165, 1.54) is 60.2 Å². The zero-order chi connectivity index (χ0) is 37.9. The van der Waals surface area contributed by atoms with E-state index < -0.39 is 0 Å². The smallest absolute Gasteiger partial charge is 0.0620 e. The monoisotopic (exact) mass is 729 g/mol. The molecule has 3 nitrogen and oxygen atoms in total. The number of nitrogens with zero attached hydrogens (tertiary/aromatic N) is 3. The Hall–Kier alpha value is -7.36. The van der Waals surface area contributed by atoms with Crippen molar-refractivity contribution in [2.45, 2.75) is 12.3 Å². The first-order valence-electron chi connectivity index (χ1n) is 19.7. The van der Waals surface area contributed by atoms with Gasteiger partial charge in [0.1, 0.15) is 0 Å². The van der Waals surface area contributed by atoms with Gasteiger partial charge in [0, 0.05) is 61.7 Å². The highest BCUT2D eigenvalue weighted by Gasteiger charge is 2.25. The fourth-order valence-electron chi connectivity index (χ4n) is 9.15. The summed E-state index contributed by atoms with van der Waals surface area (Å²) in [5, 5.41) is 6.44. The Kier molecular flexibility index (Phi) is 7.78. The Morgan fingerprint density at radius 1 is 0.596 bits per heavy atom. The SMILES string of the molecule is C=C/C=C(\c1cn(-c2ccccc2)c2ccccc12)N(C1=CCC(c2cc3c4ccccc4n4c5ccccc5c(c2)c34)C=C1)c1ccc(-c2ccccc2)cc1. The largest absolute Gasteiger partial charge is 0.316 e. The maximum Gasteiger partial charge on any atom is 0.0620 e. The third-order valence-corrected chi connectivity index (χ3v) is 11.8. The molecular weight excluding hydrogens is 691 g/mol. The number of hydrogen-bond donors (Lipinski definition) is 0. The summed E-state index contributed by atoms with van der Waals surface area (Å²) in [6.45, 7) is 4.23. The van der Waals surface area contributed by atoms with Crippen molar-refractivity contribution >= 4 is 60.4 Å². The molecule has 1 aliphatic carbocycles. The Balaban J connectivity index is 1.04. The topological polar surface area (TPSA) is 12.6 Å². The Morgan fingerprint density at radius 3 is 1.81 bits per heavy atom. The number of para-hydroxylation sites is 4. The third-order valence-electron chi connectivity index (χ3n) is 11.8. The molecule has 0 fully saturated rings. The van der Waals surface area contributed by atoms with E-state index in [0.29, 0.717) is 0 Å². The van der Waals surface area contributed by atoms with Gasteiger partial charge in [0.2, 0.25) is 0 Å². The molecule has 3 aromatic heterocycles. The summed E-state index contributed by atoms with van der Waals surface area (Å²) in [4.78, 5) is 2.41. The lowest BCUT2D eigenvalue weighted by Crippen LogP contribution is -2.21. The van der Waals surface area contributed by atoms with Crippen LogP contribution in [-0.2, 0) is 0 Å². The van der Waals surface area contributed by atoms with Crippen molar-refractivity contribution in [1.29, 1.82) is 0 Å². The first-order chi connectivity index (χ1) is 28.2. The second kappa shape index (κ2) is 13.4. The van der Waals surface area contributed by atoms with Gasteiger partial charge in [-0.2, -0.15) is 0 Å². The van der Waals surface area contributed by atoms with Gasteiger partial charge in [-0.05, 0) is 89.9 Å². The summed E-state index contributed by atoms with van der Waals surface area (Å²) in [7, 11) is 0. The summed E-state index contributed by atoms with van der Waals surface area (Å²) in [5.41, 5.74) is 14.3. The van der Waals surface area contributed by atoms with E-state index >= 15 is 0 Å². The molecule has 0 bridgehead atoms. The van der Waals surface area contributed by atoms with Crippen LogP contribution >= 0.6 is 0 Å². The summed E-state index contributed by atoms with van der Waals surface area (Å²) in [6, 6.07) is 61.4. The summed E-state index contributed by atoms with van der Waals surface area (Å²) in [5.74, 6) is 0.235. The number of benzene rings is 7. The molecule has 0 saturated carbocycles. The van der Waals surface area contributed by atoms with Crippen LogP contribution < -0.4 is 4.90 Å². The normalized spacial score (nSPS) is 14.6. The number of hydrogen-bond acceptors (Lipinski definition) is 1. The van der Waals surface area contributed by atoms with E-state index in [-0.39, 0.29) is 5.92 Å². The minimum atomic E-state index is 0.235. The molecule has 270 valence electrons. The average Bonchev–Trinajstić information content (AvgIpc) is 3.95. The van der Waals surface area contributed by atoms with Crippen LogP contribution in [0.2, 0.25) is 0 Å². The number of anilines is 1. The van der Waals surface area contributed by atoms with Crippen LogP contribution in [0.3, 0.4) is 0 Å². The molecule has 0 spiro atoms. The minimum absolute atomic E-state index is 0.235. The Morgan fingerprint density at radius 2 is 1.18 bits per heavy atom. The van der Waals surface area contributed by atoms with E-state index in [2.05, 4.69) is 221 Å². The summed E-state index contributed by atoms with van der Waals surface area (Å²) in [6.07, 6.45) is 14.4. The van der Waals surface area contributed by atoms with Crippen molar-refractivity contribution < 1.29 is 0 Å². The van der Waals surface area contributed by atoms with Crippen molar-refractivity contribution in [2.24, 2.45) is 0 Å². The Bertz CT molecular complexity index is 3130. The predicted molar refractivity (Wildman–Crippen MR) is 241 cm³/mol. The maximum absolute atomic E-state index is 4.23. The van der Waals surface area contributed by atoms with Crippen molar-refractivity contribution in [1.82, 2.24) is 8.97 Å². The molecule has 10 aromatic rings. The molecule has 0 radical (unpaired) electrons. The lowest BCUT2D eigenvalue weighted by molar-refractivity contribution is 0.843. The molecule has 0 saturated heterocycles. The van der Waals surface area contributed by atoms with Crippen LogP contribution in [0.25, 0.3) is 71.5 Å². The highest BCUT2D eigenvalue weighted by atomic mass is 15.2. The molecule has 0 amide bonds. The van der Waals surface area contributed by atoms with E-state index in [1.807, 2.05) is 6.08 Å².